The molecular formula is C15H13I3N2O6. The standard InChI is InChI=1S/C15H13I3N2O6/c1-26-15(25)6-5-20(2-3-21)13(22)11(6)19-12-8(17)4-7(16)9(10(12)18)14(23)24/h4,19,21H,2-3,5H2,1H3,(H,23,24). The molecular weight excluding hydrogens is 685 g/mol. The molecule has 1 heterocycles. The number of carboxylic acids is 1. The summed E-state index contributed by atoms with van der Waals surface area (Å²) in [5.74, 6) is -2.20. The molecule has 0 fully saturated rings. The second-order valence-electron chi connectivity index (χ2n) is 5.13. The maximum Gasteiger partial charge on any atom is 0.337 e. The summed E-state index contributed by atoms with van der Waals surface area (Å²) < 4.78 is 6.44. The fourth-order valence-corrected chi connectivity index (χ4v) is 6.48. The Morgan fingerprint density at radius 1 is 1.31 bits per heavy atom. The molecule has 140 valence electrons. The van der Waals surface area contributed by atoms with Gasteiger partial charge in [-0.3, -0.25) is 4.79 Å². The molecule has 2 rings (SSSR count). The van der Waals surface area contributed by atoms with E-state index >= 15 is 0 Å². The highest BCUT2D eigenvalue weighted by atomic mass is 127. The molecule has 0 aliphatic carbocycles. The average molecular weight is 698 g/mol. The lowest BCUT2D eigenvalue weighted by molar-refractivity contribution is -0.136. The van der Waals surface area contributed by atoms with Gasteiger partial charge in [-0.05, 0) is 73.8 Å². The maximum absolute atomic E-state index is 12.6. The number of rotatable bonds is 6. The number of hydrogen-bond donors (Lipinski definition) is 3. The number of methoxy groups -OCH3 is 1. The van der Waals surface area contributed by atoms with Gasteiger partial charge in [0.05, 0.1) is 40.7 Å². The fraction of sp³-hybridized carbons (Fsp3) is 0.267. The van der Waals surface area contributed by atoms with Crippen LogP contribution in [-0.4, -0.2) is 59.8 Å². The normalized spacial score (nSPS) is 14.0. The zero-order valence-electron chi connectivity index (χ0n) is 13.3. The first-order valence-corrected chi connectivity index (χ1v) is 10.4. The fourth-order valence-electron chi connectivity index (χ4n) is 2.37. The van der Waals surface area contributed by atoms with Crippen molar-refractivity contribution >= 4 is 91.3 Å². The van der Waals surface area contributed by atoms with Crippen LogP contribution in [0.15, 0.2) is 17.3 Å². The van der Waals surface area contributed by atoms with Gasteiger partial charge in [0, 0.05) is 13.7 Å². The van der Waals surface area contributed by atoms with Crippen molar-refractivity contribution in [2.24, 2.45) is 0 Å². The van der Waals surface area contributed by atoms with Gasteiger partial charge < -0.3 is 25.2 Å². The number of benzene rings is 1. The number of nitrogens with one attached hydrogen (secondary N) is 1. The SMILES string of the molecule is COC(=O)C1=C(Nc2c(I)cc(I)c(C(=O)O)c2I)C(=O)N(CCO)C1. The quantitative estimate of drug-likeness (QED) is 0.307. The topological polar surface area (TPSA) is 116 Å². The predicted octanol–water partition coefficient (Wildman–Crippen LogP) is 1.87. The van der Waals surface area contributed by atoms with Crippen LogP contribution in [0.1, 0.15) is 10.4 Å². The molecule has 1 aromatic rings. The lowest BCUT2D eigenvalue weighted by Crippen LogP contribution is -2.31. The largest absolute Gasteiger partial charge is 0.478 e. The van der Waals surface area contributed by atoms with Crippen LogP contribution >= 0.6 is 67.8 Å². The third-order valence-electron chi connectivity index (χ3n) is 3.59. The number of aliphatic hydroxyl groups excluding tert-OH is 1. The van der Waals surface area contributed by atoms with Gasteiger partial charge in [-0.2, -0.15) is 0 Å². The van der Waals surface area contributed by atoms with Crippen molar-refractivity contribution in [1.29, 1.82) is 0 Å². The molecule has 1 aliphatic rings. The van der Waals surface area contributed by atoms with Gasteiger partial charge in [-0.1, -0.05) is 0 Å². The number of carbonyl (C=O) groups excluding carboxylic acids is 2. The minimum atomic E-state index is -1.08. The number of aliphatic hydroxyl groups is 1. The number of hydrogen-bond acceptors (Lipinski definition) is 6. The number of aromatic carboxylic acids is 1. The van der Waals surface area contributed by atoms with E-state index in [1.165, 1.54) is 12.0 Å². The highest BCUT2D eigenvalue weighted by Gasteiger charge is 2.35. The van der Waals surface area contributed by atoms with E-state index in [1.807, 2.05) is 67.8 Å². The van der Waals surface area contributed by atoms with Gasteiger partial charge in [-0.25, -0.2) is 9.59 Å². The number of ether oxygens (including phenoxy) is 1. The molecule has 0 saturated carbocycles. The van der Waals surface area contributed by atoms with E-state index in [9.17, 15) is 19.5 Å². The minimum Gasteiger partial charge on any atom is -0.478 e. The Hall–Kier alpha value is -0.680. The molecule has 0 unspecified atom stereocenters. The molecule has 0 spiro atoms. The van der Waals surface area contributed by atoms with Crippen molar-refractivity contribution in [2.75, 3.05) is 32.1 Å². The Morgan fingerprint density at radius 2 is 1.96 bits per heavy atom. The Balaban J connectivity index is 2.54. The van der Waals surface area contributed by atoms with E-state index in [-0.39, 0.29) is 36.5 Å². The Labute approximate surface area is 189 Å². The number of nitrogens with zero attached hydrogens (tertiary/aromatic N) is 1. The lowest BCUT2D eigenvalue weighted by Gasteiger charge is -2.17. The molecule has 0 atom stereocenters. The zero-order chi connectivity index (χ0) is 19.6. The van der Waals surface area contributed by atoms with Crippen molar-refractivity contribution < 1.29 is 29.3 Å². The van der Waals surface area contributed by atoms with E-state index in [0.717, 1.165) is 0 Å². The van der Waals surface area contributed by atoms with Crippen LogP contribution < -0.4 is 5.32 Å². The van der Waals surface area contributed by atoms with Crippen molar-refractivity contribution in [3.05, 3.63) is 33.6 Å². The number of carboxylic acid groups (broad SMARTS) is 1. The Bertz CT molecular complexity index is 824. The smallest absolute Gasteiger partial charge is 0.337 e. The van der Waals surface area contributed by atoms with Gasteiger partial charge >= 0.3 is 11.9 Å². The molecule has 1 aliphatic heterocycles. The highest BCUT2D eigenvalue weighted by molar-refractivity contribution is 14.1. The summed E-state index contributed by atoms with van der Waals surface area (Å²) >= 11 is 5.87. The number of carbonyl (C=O) groups is 3. The molecule has 8 nitrogen and oxygen atoms in total. The Kier molecular flexibility index (Phi) is 7.49. The molecule has 1 amide bonds. The lowest BCUT2D eigenvalue weighted by atomic mass is 10.2. The second kappa shape index (κ2) is 9.01. The van der Waals surface area contributed by atoms with Crippen molar-refractivity contribution in [3.8, 4) is 0 Å². The summed E-state index contributed by atoms with van der Waals surface area (Å²) in [7, 11) is 1.22. The van der Waals surface area contributed by atoms with E-state index < -0.39 is 17.8 Å². The summed E-state index contributed by atoms with van der Waals surface area (Å²) in [6.45, 7) is -0.154. The average Bonchev–Trinajstić information content (AvgIpc) is 2.87. The second-order valence-corrected chi connectivity index (χ2v) is 8.53. The molecule has 1 aromatic carbocycles. The number of β-amino-alcohol motifs (C(OH)–C–C–N with tert-alkyl or cyclic N) is 1. The first-order valence-electron chi connectivity index (χ1n) is 7.12. The monoisotopic (exact) mass is 698 g/mol. The van der Waals surface area contributed by atoms with E-state index in [1.54, 1.807) is 6.07 Å². The zero-order valence-corrected chi connectivity index (χ0v) is 19.8. The molecule has 0 radical (unpaired) electrons. The summed E-state index contributed by atoms with van der Waals surface area (Å²) in [6.07, 6.45) is 0. The first-order chi connectivity index (χ1) is 12.2. The van der Waals surface area contributed by atoms with Gasteiger partial charge in [0.15, 0.2) is 0 Å². The molecule has 11 heteroatoms. The van der Waals surface area contributed by atoms with Crippen LogP contribution in [0, 0.1) is 10.7 Å². The van der Waals surface area contributed by atoms with Crippen LogP contribution in [0.2, 0.25) is 0 Å². The third kappa shape index (κ3) is 4.24. The number of esters is 1. The van der Waals surface area contributed by atoms with Gasteiger partial charge in [0.1, 0.15) is 5.70 Å². The predicted molar refractivity (Wildman–Crippen MR) is 118 cm³/mol. The maximum atomic E-state index is 12.6. The minimum absolute atomic E-state index is 0.0116. The third-order valence-corrected chi connectivity index (χ3v) is 6.37. The summed E-state index contributed by atoms with van der Waals surface area (Å²) in [5.41, 5.74) is 0.707. The van der Waals surface area contributed by atoms with Crippen LogP contribution in [0.25, 0.3) is 0 Å². The molecule has 26 heavy (non-hydrogen) atoms. The molecule has 0 aromatic heterocycles. The van der Waals surface area contributed by atoms with Gasteiger partial charge in [-0.15, -0.1) is 0 Å². The van der Waals surface area contributed by atoms with Crippen LogP contribution in [0.4, 0.5) is 5.69 Å². The van der Waals surface area contributed by atoms with Crippen molar-refractivity contribution in [2.45, 2.75) is 0 Å². The number of halogens is 3. The summed E-state index contributed by atoms with van der Waals surface area (Å²) in [4.78, 5) is 37.5. The molecule has 0 bridgehead atoms. The molecule has 0 saturated heterocycles. The van der Waals surface area contributed by atoms with E-state index in [4.69, 9.17) is 9.84 Å². The van der Waals surface area contributed by atoms with E-state index in [2.05, 4.69) is 5.32 Å². The van der Waals surface area contributed by atoms with Crippen molar-refractivity contribution in [1.82, 2.24) is 4.90 Å². The highest BCUT2D eigenvalue weighted by Crippen LogP contribution is 2.34. The van der Waals surface area contributed by atoms with Gasteiger partial charge in [0.2, 0.25) is 0 Å². The number of anilines is 1. The number of amides is 1. The van der Waals surface area contributed by atoms with Crippen LogP contribution in [0.5, 0.6) is 0 Å². The van der Waals surface area contributed by atoms with Crippen LogP contribution in [0.3, 0.4) is 0 Å². The summed E-state index contributed by atoms with van der Waals surface area (Å²) in [6, 6.07) is 1.68. The van der Waals surface area contributed by atoms with Crippen LogP contribution in [-0.2, 0) is 14.3 Å². The molecule has 3 N–H and O–H groups in total. The Morgan fingerprint density at radius 3 is 2.50 bits per heavy atom. The van der Waals surface area contributed by atoms with Crippen molar-refractivity contribution in [3.63, 3.8) is 0 Å². The van der Waals surface area contributed by atoms with Gasteiger partial charge in [0.25, 0.3) is 5.91 Å². The first kappa shape index (κ1) is 21.6. The van der Waals surface area contributed by atoms with E-state index in [0.29, 0.717) is 16.4 Å². The summed E-state index contributed by atoms with van der Waals surface area (Å²) in [5, 5.41) is 21.5.